The SMILES string of the molecule is CCOC(=O)c1nn(C)c2c1C=C(c1ccc(C(=O)N(C)C)cc1)CC2. The molecule has 0 bridgehead atoms. The van der Waals surface area contributed by atoms with Crippen molar-refractivity contribution < 1.29 is 14.3 Å². The molecule has 0 fully saturated rings. The van der Waals surface area contributed by atoms with Crippen LogP contribution in [0.25, 0.3) is 11.6 Å². The quantitative estimate of drug-likeness (QED) is 0.793. The van der Waals surface area contributed by atoms with Crippen molar-refractivity contribution in [3.8, 4) is 0 Å². The molecule has 3 rings (SSSR count). The van der Waals surface area contributed by atoms with Crippen LogP contribution in [0.1, 0.15) is 51.0 Å². The average Bonchev–Trinajstić information content (AvgIpc) is 2.97. The molecule has 1 aliphatic carbocycles. The summed E-state index contributed by atoms with van der Waals surface area (Å²) in [5.74, 6) is -0.415. The zero-order valence-electron chi connectivity index (χ0n) is 15.6. The first-order chi connectivity index (χ1) is 12.4. The van der Waals surface area contributed by atoms with Crippen LogP contribution in [0.2, 0.25) is 0 Å². The fraction of sp³-hybridized carbons (Fsp3) is 0.350. The maximum atomic E-state index is 12.2. The highest BCUT2D eigenvalue weighted by molar-refractivity contribution is 5.97. The second-order valence-corrected chi connectivity index (χ2v) is 6.50. The Labute approximate surface area is 153 Å². The first kappa shape index (κ1) is 17.9. The minimum Gasteiger partial charge on any atom is -0.461 e. The molecule has 0 radical (unpaired) electrons. The van der Waals surface area contributed by atoms with Crippen LogP contribution in [0, 0.1) is 0 Å². The number of nitrogens with zero attached hydrogens (tertiary/aromatic N) is 3. The van der Waals surface area contributed by atoms with Gasteiger partial charge in [0.2, 0.25) is 0 Å². The number of fused-ring (bicyclic) bond motifs is 1. The summed E-state index contributed by atoms with van der Waals surface area (Å²) in [4.78, 5) is 25.8. The topological polar surface area (TPSA) is 64.4 Å². The van der Waals surface area contributed by atoms with E-state index in [4.69, 9.17) is 4.74 Å². The van der Waals surface area contributed by atoms with Gasteiger partial charge in [-0.25, -0.2) is 4.79 Å². The fourth-order valence-corrected chi connectivity index (χ4v) is 3.19. The van der Waals surface area contributed by atoms with Crippen LogP contribution in [0.15, 0.2) is 24.3 Å². The van der Waals surface area contributed by atoms with Crippen LogP contribution in [0.3, 0.4) is 0 Å². The minimum atomic E-state index is -0.395. The van der Waals surface area contributed by atoms with E-state index in [1.54, 1.807) is 30.6 Å². The zero-order chi connectivity index (χ0) is 18.8. The monoisotopic (exact) mass is 353 g/mol. The molecule has 0 N–H and O–H groups in total. The van der Waals surface area contributed by atoms with Gasteiger partial charge in [0.1, 0.15) is 0 Å². The lowest BCUT2D eigenvalue weighted by Gasteiger charge is -2.16. The highest BCUT2D eigenvalue weighted by Gasteiger charge is 2.25. The van der Waals surface area contributed by atoms with Crippen LogP contribution < -0.4 is 0 Å². The van der Waals surface area contributed by atoms with Gasteiger partial charge in [0.05, 0.1) is 6.61 Å². The second-order valence-electron chi connectivity index (χ2n) is 6.50. The van der Waals surface area contributed by atoms with Gasteiger partial charge in [-0.2, -0.15) is 5.10 Å². The molecule has 6 nitrogen and oxygen atoms in total. The number of amides is 1. The highest BCUT2D eigenvalue weighted by atomic mass is 16.5. The molecule has 136 valence electrons. The standard InChI is InChI=1S/C20H23N3O3/c1-5-26-20(25)18-16-12-15(10-11-17(16)23(4)21-18)13-6-8-14(9-7-13)19(24)22(2)3/h6-9,12H,5,10-11H2,1-4H3. The smallest absolute Gasteiger partial charge is 0.359 e. The Morgan fingerprint density at radius 2 is 1.88 bits per heavy atom. The molecule has 1 aliphatic rings. The molecular weight excluding hydrogens is 330 g/mol. The number of benzene rings is 1. The Morgan fingerprint density at radius 1 is 1.19 bits per heavy atom. The number of hydrogen-bond donors (Lipinski definition) is 0. The molecule has 0 saturated carbocycles. The van der Waals surface area contributed by atoms with E-state index in [1.165, 1.54) is 0 Å². The van der Waals surface area contributed by atoms with Crippen molar-refractivity contribution in [3.05, 3.63) is 52.3 Å². The van der Waals surface area contributed by atoms with Crippen LogP contribution in [0.5, 0.6) is 0 Å². The zero-order valence-corrected chi connectivity index (χ0v) is 15.6. The van der Waals surface area contributed by atoms with E-state index in [1.807, 2.05) is 37.4 Å². The molecular formula is C20H23N3O3. The average molecular weight is 353 g/mol. The fourth-order valence-electron chi connectivity index (χ4n) is 3.19. The van der Waals surface area contributed by atoms with Gasteiger partial charge < -0.3 is 9.64 Å². The Hall–Kier alpha value is -2.89. The van der Waals surface area contributed by atoms with Gasteiger partial charge in [-0.15, -0.1) is 0 Å². The molecule has 0 saturated heterocycles. The van der Waals surface area contributed by atoms with E-state index in [0.717, 1.165) is 35.2 Å². The summed E-state index contributed by atoms with van der Waals surface area (Å²) in [6, 6.07) is 7.58. The molecule has 2 aromatic rings. The molecule has 26 heavy (non-hydrogen) atoms. The Kier molecular flexibility index (Phi) is 4.93. The lowest BCUT2D eigenvalue weighted by molar-refractivity contribution is 0.0518. The summed E-state index contributed by atoms with van der Waals surface area (Å²) in [5, 5.41) is 4.34. The van der Waals surface area contributed by atoms with Crippen molar-refractivity contribution >= 4 is 23.5 Å². The number of esters is 1. The largest absolute Gasteiger partial charge is 0.461 e. The number of aryl methyl sites for hydroxylation is 1. The Morgan fingerprint density at radius 3 is 2.50 bits per heavy atom. The van der Waals surface area contributed by atoms with Crippen molar-refractivity contribution in [1.82, 2.24) is 14.7 Å². The lowest BCUT2D eigenvalue weighted by Crippen LogP contribution is -2.21. The molecule has 0 spiro atoms. The number of allylic oxidation sites excluding steroid dienone is 1. The van der Waals surface area contributed by atoms with E-state index in [9.17, 15) is 9.59 Å². The predicted octanol–water partition coefficient (Wildman–Crippen LogP) is 2.79. The van der Waals surface area contributed by atoms with E-state index in [-0.39, 0.29) is 5.91 Å². The molecule has 6 heteroatoms. The summed E-state index contributed by atoms with van der Waals surface area (Å²) in [6.45, 7) is 2.10. The van der Waals surface area contributed by atoms with Gasteiger partial charge in [-0.05, 0) is 49.1 Å². The third-order valence-electron chi connectivity index (χ3n) is 4.53. The van der Waals surface area contributed by atoms with E-state index in [2.05, 4.69) is 5.10 Å². The van der Waals surface area contributed by atoms with Gasteiger partial charge in [0.15, 0.2) is 5.69 Å². The molecule has 1 amide bonds. The maximum absolute atomic E-state index is 12.2. The molecule has 1 aromatic heterocycles. The normalized spacial score (nSPS) is 13.0. The van der Waals surface area contributed by atoms with E-state index in [0.29, 0.717) is 17.9 Å². The van der Waals surface area contributed by atoms with Crippen LogP contribution in [-0.4, -0.2) is 47.3 Å². The third kappa shape index (κ3) is 3.27. The Balaban J connectivity index is 1.94. The summed E-state index contributed by atoms with van der Waals surface area (Å²) in [6.07, 6.45) is 3.68. The van der Waals surface area contributed by atoms with Gasteiger partial charge in [0.25, 0.3) is 5.91 Å². The summed E-state index contributed by atoms with van der Waals surface area (Å²) in [7, 11) is 5.32. The molecule has 1 aromatic carbocycles. The number of rotatable bonds is 4. The molecule has 0 unspecified atom stereocenters. The number of ether oxygens (including phenoxy) is 1. The molecule has 1 heterocycles. The van der Waals surface area contributed by atoms with Crippen LogP contribution in [0.4, 0.5) is 0 Å². The first-order valence-electron chi connectivity index (χ1n) is 8.68. The molecule has 0 aliphatic heterocycles. The minimum absolute atomic E-state index is 0.0201. The second kappa shape index (κ2) is 7.15. The van der Waals surface area contributed by atoms with Crippen molar-refractivity contribution in [2.24, 2.45) is 7.05 Å². The first-order valence-corrected chi connectivity index (χ1v) is 8.68. The molecule has 0 atom stereocenters. The van der Waals surface area contributed by atoms with E-state index >= 15 is 0 Å². The number of aromatic nitrogens is 2. The highest BCUT2D eigenvalue weighted by Crippen LogP contribution is 2.32. The third-order valence-corrected chi connectivity index (χ3v) is 4.53. The number of carbonyl (C=O) groups excluding carboxylic acids is 2. The Bertz CT molecular complexity index is 876. The number of carbonyl (C=O) groups is 2. The summed E-state index contributed by atoms with van der Waals surface area (Å²) >= 11 is 0. The summed E-state index contributed by atoms with van der Waals surface area (Å²) < 4.78 is 6.88. The summed E-state index contributed by atoms with van der Waals surface area (Å²) in [5.41, 5.74) is 5.06. The van der Waals surface area contributed by atoms with Gasteiger partial charge in [-0.3, -0.25) is 9.48 Å². The predicted molar refractivity (Wildman–Crippen MR) is 99.8 cm³/mol. The van der Waals surface area contributed by atoms with Crippen LogP contribution >= 0.6 is 0 Å². The van der Waals surface area contributed by atoms with Crippen molar-refractivity contribution in [2.75, 3.05) is 20.7 Å². The van der Waals surface area contributed by atoms with Gasteiger partial charge in [-0.1, -0.05) is 12.1 Å². The van der Waals surface area contributed by atoms with Crippen molar-refractivity contribution in [3.63, 3.8) is 0 Å². The van der Waals surface area contributed by atoms with Gasteiger partial charge in [0, 0.05) is 38.0 Å². The van der Waals surface area contributed by atoms with E-state index < -0.39 is 5.97 Å². The van der Waals surface area contributed by atoms with Crippen LogP contribution in [-0.2, 0) is 18.2 Å². The van der Waals surface area contributed by atoms with Crippen molar-refractivity contribution in [1.29, 1.82) is 0 Å². The number of hydrogen-bond acceptors (Lipinski definition) is 4. The van der Waals surface area contributed by atoms with Crippen molar-refractivity contribution in [2.45, 2.75) is 19.8 Å². The lowest BCUT2D eigenvalue weighted by atomic mass is 9.91. The van der Waals surface area contributed by atoms with Gasteiger partial charge >= 0.3 is 5.97 Å². The maximum Gasteiger partial charge on any atom is 0.359 e.